The number of ether oxygens (including phenoxy) is 1. The highest BCUT2D eigenvalue weighted by Gasteiger charge is 2.26. The normalized spacial score (nSPS) is 16.2. The molecule has 2 heterocycles. The fourth-order valence-corrected chi connectivity index (χ4v) is 4.00. The SMILES string of the molecule is COc1cc2c(cc1NC(=O)N1CCCN(C(C)(C)C)CC1)oc1ccccc12. The van der Waals surface area contributed by atoms with E-state index in [2.05, 4.69) is 31.0 Å². The lowest BCUT2D eigenvalue weighted by Crippen LogP contribution is -2.44. The number of carbonyl (C=O) groups excluding carboxylic acids is 1. The van der Waals surface area contributed by atoms with Gasteiger partial charge in [-0.2, -0.15) is 0 Å². The summed E-state index contributed by atoms with van der Waals surface area (Å²) in [5, 5.41) is 5.05. The first-order chi connectivity index (χ1) is 13.9. The molecule has 29 heavy (non-hydrogen) atoms. The van der Waals surface area contributed by atoms with Gasteiger partial charge in [0.25, 0.3) is 0 Å². The molecule has 2 aromatic carbocycles. The van der Waals surface area contributed by atoms with E-state index in [0.717, 1.165) is 48.0 Å². The first-order valence-corrected chi connectivity index (χ1v) is 10.2. The van der Waals surface area contributed by atoms with Crippen LogP contribution in [-0.2, 0) is 0 Å². The van der Waals surface area contributed by atoms with Gasteiger partial charge in [-0.3, -0.25) is 4.90 Å². The van der Waals surface area contributed by atoms with Crippen molar-refractivity contribution >= 4 is 33.7 Å². The molecule has 1 aromatic heterocycles. The third-order valence-electron chi connectivity index (χ3n) is 5.67. The second kappa shape index (κ2) is 7.59. The molecular weight excluding hydrogens is 366 g/mol. The van der Waals surface area contributed by atoms with Gasteiger partial charge in [0.15, 0.2) is 0 Å². The Morgan fingerprint density at radius 3 is 2.59 bits per heavy atom. The molecule has 6 nitrogen and oxygen atoms in total. The highest BCUT2D eigenvalue weighted by Crippen LogP contribution is 2.36. The molecule has 2 amide bonds. The van der Waals surface area contributed by atoms with E-state index in [1.54, 1.807) is 7.11 Å². The quantitative estimate of drug-likeness (QED) is 0.668. The van der Waals surface area contributed by atoms with Crippen molar-refractivity contribution in [3.8, 4) is 5.75 Å². The number of nitrogens with one attached hydrogen (secondary N) is 1. The van der Waals surface area contributed by atoms with Gasteiger partial charge < -0.3 is 19.4 Å². The van der Waals surface area contributed by atoms with Crippen LogP contribution in [0.15, 0.2) is 40.8 Å². The summed E-state index contributed by atoms with van der Waals surface area (Å²) in [4.78, 5) is 17.3. The maximum absolute atomic E-state index is 13.0. The molecule has 0 saturated carbocycles. The number of rotatable bonds is 2. The van der Waals surface area contributed by atoms with Crippen molar-refractivity contribution < 1.29 is 13.9 Å². The van der Waals surface area contributed by atoms with Gasteiger partial charge in [0, 0.05) is 48.6 Å². The van der Waals surface area contributed by atoms with Crippen LogP contribution in [0, 0.1) is 0 Å². The van der Waals surface area contributed by atoms with E-state index in [0.29, 0.717) is 18.0 Å². The molecule has 1 aliphatic heterocycles. The lowest BCUT2D eigenvalue weighted by molar-refractivity contribution is 0.142. The monoisotopic (exact) mass is 395 g/mol. The van der Waals surface area contributed by atoms with E-state index in [9.17, 15) is 4.79 Å². The maximum Gasteiger partial charge on any atom is 0.321 e. The zero-order chi connectivity index (χ0) is 20.6. The Morgan fingerprint density at radius 2 is 1.83 bits per heavy atom. The van der Waals surface area contributed by atoms with Gasteiger partial charge in [-0.1, -0.05) is 18.2 Å². The summed E-state index contributed by atoms with van der Waals surface area (Å²) in [5.41, 5.74) is 2.29. The molecule has 1 saturated heterocycles. The minimum Gasteiger partial charge on any atom is -0.495 e. The third kappa shape index (κ3) is 3.90. The molecular formula is C23H29N3O3. The van der Waals surface area contributed by atoms with E-state index in [4.69, 9.17) is 9.15 Å². The van der Waals surface area contributed by atoms with E-state index >= 15 is 0 Å². The molecule has 0 aliphatic carbocycles. The standard InChI is InChI=1S/C23H29N3O3/c1-23(2,3)26-11-7-10-25(12-13-26)22(27)24-18-15-20-17(14-21(18)28-4)16-8-5-6-9-19(16)29-20/h5-6,8-9,14-15H,7,10-13H2,1-4H3,(H,24,27). The molecule has 0 atom stereocenters. The number of para-hydroxylation sites is 1. The summed E-state index contributed by atoms with van der Waals surface area (Å²) in [6, 6.07) is 11.6. The molecule has 0 bridgehead atoms. The van der Waals surface area contributed by atoms with Gasteiger partial charge in [0.2, 0.25) is 0 Å². The summed E-state index contributed by atoms with van der Waals surface area (Å²) >= 11 is 0. The van der Waals surface area contributed by atoms with Gasteiger partial charge in [0.05, 0.1) is 12.8 Å². The fraction of sp³-hybridized carbons (Fsp3) is 0.435. The van der Waals surface area contributed by atoms with E-state index in [1.807, 2.05) is 41.3 Å². The van der Waals surface area contributed by atoms with Crippen molar-refractivity contribution in [1.29, 1.82) is 0 Å². The molecule has 0 spiro atoms. The number of methoxy groups -OCH3 is 1. The number of urea groups is 1. The van der Waals surface area contributed by atoms with Gasteiger partial charge >= 0.3 is 6.03 Å². The molecule has 1 fully saturated rings. The maximum atomic E-state index is 13.0. The summed E-state index contributed by atoms with van der Waals surface area (Å²) in [6.45, 7) is 9.98. The van der Waals surface area contributed by atoms with Crippen molar-refractivity contribution in [3.63, 3.8) is 0 Å². The minimum atomic E-state index is -0.102. The largest absolute Gasteiger partial charge is 0.495 e. The average Bonchev–Trinajstić information content (AvgIpc) is 2.86. The van der Waals surface area contributed by atoms with Crippen molar-refractivity contribution in [2.45, 2.75) is 32.7 Å². The molecule has 0 unspecified atom stereocenters. The van der Waals surface area contributed by atoms with Crippen LogP contribution in [0.2, 0.25) is 0 Å². The van der Waals surface area contributed by atoms with E-state index < -0.39 is 0 Å². The first-order valence-electron chi connectivity index (χ1n) is 10.2. The number of fused-ring (bicyclic) bond motifs is 3. The first kappa shape index (κ1) is 19.6. The van der Waals surface area contributed by atoms with Crippen molar-refractivity contribution in [1.82, 2.24) is 9.80 Å². The molecule has 1 N–H and O–H groups in total. The summed E-state index contributed by atoms with van der Waals surface area (Å²) in [7, 11) is 1.62. The fourth-order valence-electron chi connectivity index (χ4n) is 4.00. The molecule has 1 aliphatic rings. The number of amides is 2. The van der Waals surface area contributed by atoms with Crippen molar-refractivity contribution in [2.24, 2.45) is 0 Å². The van der Waals surface area contributed by atoms with Gasteiger partial charge in [-0.05, 0) is 39.3 Å². The van der Waals surface area contributed by atoms with Crippen molar-refractivity contribution in [3.05, 3.63) is 36.4 Å². The Labute approximate surface area is 171 Å². The number of furan rings is 1. The van der Waals surface area contributed by atoms with E-state index in [1.165, 1.54) is 0 Å². The predicted octanol–water partition coefficient (Wildman–Crippen LogP) is 4.93. The topological polar surface area (TPSA) is 58.0 Å². The van der Waals surface area contributed by atoms with Crippen LogP contribution in [0.5, 0.6) is 5.75 Å². The van der Waals surface area contributed by atoms with Crippen LogP contribution in [-0.4, -0.2) is 54.7 Å². The number of hydrogen-bond acceptors (Lipinski definition) is 4. The zero-order valence-corrected chi connectivity index (χ0v) is 17.6. The van der Waals surface area contributed by atoms with Crippen LogP contribution in [0.1, 0.15) is 27.2 Å². The predicted molar refractivity (Wildman–Crippen MR) is 117 cm³/mol. The van der Waals surface area contributed by atoms with Gasteiger partial charge in [0.1, 0.15) is 16.9 Å². The highest BCUT2D eigenvalue weighted by atomic mass is 16.5. The number of benzene rings is 2. The Kier molecular flexibility index (Phi) is 5.13. The zero-order valence-electron chi connectivity index (χ0n) is 17.6. The number of anilines is 1. The Balaban J connectivity index is 1.57. The summed E-state index contributed by atoms with van der Waals surface area (Å²) in [6.07, 6.45) is 0.963. The molecule has 4 rings (SSSR count). The Bertz CT molecular complexity index is 1030. The van der Waals surface area contributed by atoms with Crippen LogP contribution >= 0.6 is 0 Å². The lowest BCUT2D eigenvalue weighted by Gasteiger charge is -2.34. The minimum absolute atomic E-state index is 0.102. The Hall–Kier alpha value is -2.73. The van der Waals surface area contributed by atoms with E-state index in [-0.39, 0.29) is 11.6 Å². The molecule has 0 radical (unpaired) electrons. The summed E-state index contributed by atoms with van der Waals surface area (Å²) < 4.78 is 11.5. The number of carbonyl (C=O) groups is 1. The summed E-state index contributed by atoms with van der Waals surface area (Å²) in [5.74, 6) is 0.628. The van der Waals surface area contributed by atoms with Crippen LogP contribution in [0.3, 0.4) is 0 Å². The smallest absolute Gasteiger partial charge is 0.321 e. The van der Waals surface area contributed by atoms with Crippen LogP contribution < -0.4 is 10.1 Å². The third-order valence-corrected chi connectivity index (χ3v) is 5.67. The second-order valence-electron chi connectivity index (χ2n) is 8.58. The number of hydrogen-bond donors (Lipinski definition) is 1. The Morgan fingerprint density at radius 1 is 1.03 bits per heavy atom. The molecule has 6 heteroatoms. The molecule has 154 valence electrons. The van der Waals surface area contributed by atoms with Crippen LogP contribution in [0.25, 0.3) is 21.9 Å². The van der Waals surface area contributed by atoms with Crippen molar-refractivity contribution in [2.75, 3.05) is 38.6 Å². The molecule has 3 aromatic rings. The second-order valence-corrected chi connectivity index (χ2v) is 8.58. The lowest BCUT2D eigenvalue weighted by atomic mass is 10.1. The highest BCUT2D eigenvalue weighted by molar-refractivity contribution is 6.07. The van der Waals surface area contributed by atoms with Gasteiger partial charge in [-0.15, -0.1) is 0 Å². The van der Waals surface area contributed by atoms with Gasteiger partial charge in [-0.25, -0.2) is 4.79 Å². The average molecular weight is 396 g/mol. The van der Waals surface area contributed by atoms with Crippen LogP contribution in [0.4, 0.5) is 10.5 Å². The number of nitrogens with zero attached hydrogens (tertiary/aromatic N) is 2.